The van der Waals surface area contributed by atoms with Crippen LogP contribution in [-0.2, 0) is 4.74 Å². The van der Waals surface area contributed by atoms with Crippen molar-refractivity contribution in [1.29, 1.82) is 0 Å². The Hall–Kier alpha value is -2.48. The maximum Gasteiger partial charge on any atom is 0.404 e. The molecule has 0 aliphatic carbocycles. The number of benzene rings is 1. The van der Waals surface area contributed by atoms with Crippen LogP contribution in [-0.4, -0.2) is 36.4 Å². The van der Waals surface area contributed by atoms with Crippen molar-refractivity contribution >= 4 is 35.4 Å². The summed E-state index contributed by atoms with van der Waals surface area (Å²) in [5.41, 5.74) is 4.69. The first-order chi connectivity index (χ1) is 9.40. The first-order valence-electron chi connectivity index (χ1n) is 5.40. The van der Waals surface area contributed by atoms with E-state index in [0.29, 0.717) is 0 Å². The Morgan fingerprint density at radius 2 is 2.05 bits per heavy atom. The van der Waals surface area contributed by atoms with E-state index in [-0.39, 0.29) is 29.4 Å². The van der Waals surface area contributed by atoms with E-state index in [9.17, 15) is 14.4 Å². The fourth-order valence-electron chi connectivity index (χ4n) is 1.29. The third kappa shape index (κ3) is 5.02. The number of carboxylic acids is 1. The molecule has 0 aliphatic rings. The van der Waals surface area contributed by atoms with Gasteiger partial charge in [-0.05, 0) is 18.2 Å². The predicted octanol–water partition coefficient (Wildman–Crippen LogP) is 1.26. The molecule has 0 atom stereocenters. The molecule has 0 saturated heterocycles. The minimum atomic E-state index is -1.20. The van der Waals surface area contributed by atoms with E-state index in [4.69, 9.17) is 22.4 Å². The quantitative estimate of drug-likeness (QED) is 0.608. The number of carbonyl (C=O) groups excluding carboxylic acids is 2. The molecule has 8 nitrogen and oxygen atoms in total. The maximum absolute atomic E-state index is 11.5. The molecule has 0 aromatic heterocycles. The lowest BCUT2D eigenvalue weighted by atomic mass is 10.2. The van der Waals surface area contributed by atoms with Gasteiger partial charge in [-0.15, -0.1) is 0 Å². The van der Waals surface area contributed by atoms with E-state index in [0.717, 1.165) is 0 Å². The van der Waals surface area contributed by atoms with Crippen molar-refractivity contribution in [1.82, 2.24) is 5.32 Å². The highest BCUT2D eigenvalue weighted by molar-refractivity contribution is 6.31. The molecule has 1 aromatic rings. The van der Waals surface area contributed by atoms with Crippen molar-refractivity contribution in [3.8, 4) is 0 Å². The van der Waals surface area contributed by atoms with Gasteiger partial charge in [0.2, 0.25) is 0 Å². The van der Waals surface area contributed by atoms with Gasteiger partial charge in [0, 0.05) is 5.02 Å². The lowest BCUT2D eigenvalue weighted by Crippen LogP contribution is -2.33. The van der Waals surface area contributed by atoms with Crippen LogP contribution in [0.4, 0.5) is 15.3 Å². The second-order valence-electron chi connectivity index (χ2n) is 3.54. The van der Waals surface area contributed by atoms with Crippen molar-refractivity contribution in [3.05, 3.63) is 28.8 Å². The summed E-state index contributed by atoms with van der Waals surface area (Å²) in [5, 5.41) is 13.9. The summed E-state index contributed by atoms with van der Waals surface area (Å²) in [6.45, 7) is -0.0676. The number of carbonyl (C=O) groups is 3. The molecule has 0 heterocycles. The van der Waals surface area contributed by atoms with Crippen LogP contribution in [0, 0.1) is 0 Å². The first kappa shape index (κ1) is 15.6. The van der Waals surface area contributed by atoms with Gasteiger partial charge < -0.3 is 26.2 Å². The van der Waals surface area contributed by atoms with Crippen molar-refractivity contribution in [2.24, 2.45) is 5.73 Å². The number of primary amides is 1. The van der Waals surface area contributed by atoms with Gasteiger partial charge in [0.25, 0.3) is 0 Å². The van der Waals surface area contributed by atoms with Crippen LogP contribution >= 0.6 is 11.6 Å². The number of carboxylic acid groups (broad SMARTS) is 1. The Morgan fingerprint density at radius 3 is 2.65 bits per heavy atom. The van der Waals surface area contributed by atoms with Crippen LogP contribution in [0.5, 0.6) is 0 Å². The molecule has 1 rings (SSSR count). The molecule has 0 spiro atoms. The molecule has 9 heteroatoms. The molecular weight excluding hydrogens is 290 g/mol. The van der Waals surface area contributed by atoms with Crippen LogP contribution in [0.15, 0.2) is 18.2 Å². The number of anilines is 1. The Bertz CT molecular complexity index is 535. The normalized spacial score (nSPS) is 9.65. The number of amides is 3. The van der Waals surface area contributed by atoms with E-state index in [1.165, 1.54) is 18.2 Å². The zero-order valence-corrected chi connectivity index (χ0v) is 10.9. The lowest BCUT2D eigenvalue weighted by Gasteiger charge is -2.10. The number of urea groups is 1. The second kappa shape index (κ2) is 7.19. The zero-order valence-electron chi connectivity index (χ0n) is 10.2. The van der Waals surface area contributed by atoms with Crippen LogP contribution in [0.3, 0.4) is 0 Å². The monoisotopic (exact) mass is 301 g/mol. The highest BCUT2D eigenvalue weighted by Gasteiger charge is 2.12. The molecule has 3 amide bonds. The summed E-state index contributed by atoms with van der Waals surface area (Å²) in [6, 6.07) is 3.32. The van der Waals surface area contributed by atoms with Gasteiger partial charge >= 0.3 is 18.1 Å². The van der Waals surface area contributed by atoms with Crippen LogP contribution in [0.1, 0.15) is 10.4 Å². The predicted molar refractivity (Wildman–Crippen MR) is 71.0 cm³/mol. The van der Waals surface area contributed by atoms with Gasteiger partial charge in [-0.1, -0.05) is 11.6 Å². The first-order valence-corrected chi connectivity index (χ1v) is 5.78. The van der Waals surface area contributed by atoms with E-state index in [2.05, 4.69) is 15.4 Å². The smallest absolute Gasteiger partial charge is 0.404 e. The molecule has 0 bridgehead atoms. The second-order valence-corrected chi connectivity index (χ2v) is 3.98. The number of hydrogen-bond acceptors (Lipinski definition) is 4. The van der Waals surface area contributed by atoms with E-state index in [1.807, 2.05) is 0 Å². The van der Waals surface area contributed by atoms with E-state index >= 15 is 0 Å². The molecule has 0 saturated carbocycles. The molecule has 20 heavy (non-hydrogen) atoms. The summed E-state index contributed by atoms with van der Waals surface area (Å²) in [6.07, 6.45) is -0.949. The molecular formula is C11H12ClN3O5. The third-order valence-corrected chi connectivity index (χ3v) is 2.33. The zero-order chi connectivity index (χ0) is 15.1. The van der Waals surface area contributed by atoms with Crippen molar-refractivity contribution in [2.45, 2.75) is 0 Å². The molecule has 0 radical (unpaired) electrons. The number of ether oxygens (including phenoxy) is 1. The topological polar surface area (TPSA) is 131 Å². The Balaban J connectivity index is 2.59. The van der Waals surface area contributed by atoms with Crippen molar-refractivity contribution in [3.63, 3.8) is 0 Å². The third-order valence-electron chi connectivity index (χ3n) is 2.09. The number of halogens is 1. The fourth-order valence-corrected chi connectivity index (χ4v) is 1.46. The summed E-state index contributed by atoms with van der Waals surface area (Å²) < 4.78 is 4.40. The largest absolute Gasteiger partial charge is 0.478 e. The molecule has 108 valence electrons. The highest BCUT2D eigenvalue weighted by Crippen LogP contribution is 2.21. The van der Waals surface area contributed by atoms with Gasteiger partial charge in [-0.25, -0.2) is 14.4 Å². The van der Waals surface area contributed by atoms with Gasteiger partial charge in [0.1, 0.15) is 6.61 Å². The number of hydrogen-bond donors (Lipinski definition) is 4. The molecule has 0 aliphatic heterocycles. The molecule has 0 unspecified atom stereocenters. The maximum atomic E-state index is 11.5. The average molecular weight is 302 g/mol. The minimum Gasteiger partial charge on any atom is -0.478 e. The van der Waals surface area contributed by atoms with Crippen molar-refractivity contribution in [2.75, 3.05) is 18.5 Å². The van der Waals surface area contributed by atoms with Crippen LogP contribution in [0.2, 0.25) is 5.02 Å². The van der Waals surface area contributed by atoms with E-state index in [1.54, 1.807) is 0 Å². The van der Waals surface area contributed by atoms with Gasteiger partial charge in [0.15, 0.2) is 0 Å². The summed E-state index contributed by atoms with van der Waals surface area (Å²) >= 11 is 5.73. The molecule has 0 fully saturated rings. The van der Waals surface area contributed by atoms with Gasteiger partial charge in [0.05, 0.1) is 17.8 Å². The Kier molecular flexibility index (Phi) is 5.60. The summed E-state index contributed by atoms with van der Waals surface area (Å²) in [4.78, 5) is 32.8. The lowest BCUT2D eigenvalue weighted by molar-refractivity contribution is 0.0698. The van der Waals surface area contributed by atoms with Gasteiger partial charge in [-0.2, -0.15) is 0 Å². The number of nitrogens with one attached hydrogen (secondary N) is 2. The van der Waals surface area contributed by atoms with Crippen molar-refractivity contribution < 1.29 is 24.2 Å². The van der Waals surface area contributed by atoms with Gasteiger partial charge in [-0.3, -0.25) is 0 Å². The minimum absolute atomic E-state index is 0.0255. The average Bonchev–Trinajstić information content (AvgIpc) is 2.34. The molecule has 5 N–H and O–H groups in total. The number of rotatable bonds is 5. The van der Waals surface area contributed by atoms with Crippen LogP contribution < -0.4 is 16.4 Å². The number of aromatic carboxylic acids is 1. The standard InChI is InChI=1S/C11H12ClN3O5/c12-6-1-2-7(9(16)17)8(5-6)15-11(19)14-3-4-20-10(13)18/h1-2,5H,3-4H2,(H2,13,18)(H,16,17)(H2,14,15,19). The number of nitrogens with two attached hydrogens (primary N) is 1. The molecule has 1 aromatic carbocycles. The summed E-state index contributed by atoms with van der Waals surface area (Å²) in [7, 11) is 0. The Labute approximate surface area is 118 Å². The fraction of sp³-hybridized carbons (Fsp3) is 0.182. The SMILES string of the molecule is NC(=O)OCCNC(=O)Nc1cc(Cl)ccc1C(=O)O. The van der Waals surface area contributed by atoms with Crippen LogP contribution in [0.25, 0.3) is 0 Å². The Morgan fingerprint density at radius 1 is 1.35 bits per heavy atom. The highest BCUT2D eigenvalue weighted by atomic mass is 35.5. The summed E-state index contributed by atoms with van der Waals surface area (Å²) in [5.74, 6) is -1.20. The van der Waals surface area contributed by atoms with E-state index < -0.39 is 18.1 Å².